The molecule has 0 spiro atoms. The van der Waals surface area contributed by atoms with Crippen LogP contribution in [-0.2, 0) is 20.9 Å². The van der Waals surface area contributed by atoms with Crippen molar-refractivity contribution in [3.63, 3.8) is 0 Å². The number of benzene rings is 1. The zero-order valence-electron chi connectivity index (χ0n) is 20.0. The van der Waals surface area contributed by atoms with E-state index in [-0.39, 0.29) is 36.9 Å². The van der Waals surface area contributed by atoms with Gasteiger partial charge in [0, 0.05) is 25.4 Å². The van der Waals surface area contributed by atoms with Crippen LogP contribution < -0.4 is 11.0 Å². The number of amides is 3. The third kappa shape index (κ3) is 4.46. The number of hydrogen-bond acceptors (Lipinski definition) is 6. The number of aromatic nitrogens is 2. The summed E-state index contributed by atoms with van der Waals surface area (Å²) in [5.74, 6) is -1.01. The summed E-state index contributed by atoms with van der Waals surface area (Å²) >= 11 is 0. The highest BCUT2D eigenvalue weighted by Gasteiger charge is 2.35. The van der Waals surface area contributed by atoms with Gasteiger partial charge in [-0.25, -0.2) is 9.59 Å². The molecule has 10 nitrogen and oxygen atoms in total. The molecule has 0 aliphatic carbocycles. The molecular formula is C24H32N4O6. The molecule has 2 N–H and O–H groups in total. The number of aryl methyl sites for hydroxylation is 1. The maximum atomic E-state index is 13.2. The Balaban J connectivity index is 1.62. The number of hydrogen-bond donors (Lipinski definition) is 2. The number of piperidine rings is 2. The van der Waals surface area contributed by atoms with Crippen LogP contribution in [0.3, 0.4) is 0 Å². The molecule has 3 heterocycles. The Bertz CT molecular complexity index is 1190. The van der Waals surface area contributed by atoms with Crippen molar-refractivity contribution in [1.82, 2.24) is 19.4 Å². The minimum absolute atomic E-state index is 0.162. The number of imidazole rings is 1. The van der Waals surface area contributed by atoms with Crippen molar-refractivity contribution in [1.29, 1.82) is 0 Å². The van der Waals surface area contributed by atoms with Crippen LogP contribution in [0.2, 0.25) is 0 Å². The Hall–Kier alpha value is -3.14. The molecule has 1 aromatic carbocycles. The molecule has 2 aromatic rings. The van der Waals surface area contributed by atoms with E-state index in [1.165, 1.54) is 9.47 Å². The molecule has 1 aromatic heterocycles. The van der Waals surface area contributed by atoms with Crippen molar-refractivity contribution < 1.29 is 24.2 Å². The van der Waals surface area contributed by atoms with E-state index in [9.17, 15) is 24.3 Å². The summed E-state index contributed by atoms with van der Waals surface area (Å²) in [4.78, 5) is 51.1. The SMILES string of the molecule is CCn1c(=O)n(C2CCC(=O)NC2=O)c2ccc([C@H]3CCN(C(=O)OC(C)(C)C)C[C@@H]3O)cc21. The maximum absolute atomic E-state index is 13.2. The Labute approximate surface area is 197 Å². The number of imide groups is 1. The molecule has 2 aliphatic rings. The minimum atomic E-state index is -0.780. The molecule has 184 valence electrons. The quantitative estimate of drug-likeness (QED) is 0.658. The van der Waals surface area contributed by atoms with E-state index in [1.807, 2.05) is 19.1 Å². The van der Waals surface area contributed by atoms with Crippen molar-refractivity contribution in [2.24, 2.45) is 0 Å². The first-order valence-electron chi connectivity index (χ1n) is 11.7. The summed E-state index contributed by atoms with van der Waals surface area (Å²) in [6.07, 6.45) is -0.214. The monoisotopic (exact) mass is 472 g/mol. The Morgan fingerprint density at radius 1 is 1.18 bits per heavy atom. The zero-order chi connectivity index (χ0) is 24.8. The van der Waals surface area contributed by atoms with Crippen LogP contribution in [0.15, 0.2) is 23.0 Å². The van der Waals surface area contributed by atoms with Crippen molar-refractivity contribution in [2.75, 3.05) is 13.1 Å². The predicted molar refractivity (Wildman–Crippen MR) is 124 cm³/mol. The summed E-state index contributed by atoms with van der Waals surface area (Å²) in [7, 11) is 0. The molecule has 2 fully saturated rings. The number of nitrogens with zero attached hydrogens (tertiary/aromatic N) is 3. The van der Waals surface area contributed by atoms with Crippen LogP contribution in [0, 0.1) is 0 Å². The first-order valence-corrected chi connectivity index (χ1v) is 11.7. The van der Waals surface area contributed by atoms with Gasteiger partial charge in [-0.1, -0.05) is 6.07 Å². The van der Waals surface area contributed by atoms with Gasteiger partial charge in [-0.15, -0.1) is 0 Å². The van der Waals surface area contributed by atoms with Gasteiger partial charge in [0.1, 0.15) is 11.6 Å². The third-order valence-corrected chi connectivity index (χ3v) is 6.49. The molecule has 2 saturated heterocycles. The molecule has 34 heavy (non-hydrogen) atoms. The van der Waals surface area contributed by atoms with E-state index < -0.39 is 29.7 Å². The van der Waals surface area contributed by atoms with Crippen LogP contribution in [0.4, 0.5) is 4.79 Å². The molecule has 0 saturated carbocycles. The molecule has 10 heteroatoms. The van der Waals surface area contributed by atoms with Gasteiger partial charge in [0.15, 0.2) is 0 Å². The fourth-order valence-corrected chi connectivity index (χ4v) is 4.88. The van der Waals surface area contributed by atoms with E-state index in [4.69, 9.17) is 4.74 Å². The van der Waals surface area contributed by atoms with Crippen molar-refractivity contribution >= 4 is 28.9 Å². The molecule has 2 aliphatic heterocycles. The highest BCUT2D eigenvalue weighted by atomic mass is 16.6. The van der Waals surface area contributed by atoms with E-state index in [1.54, 1.807) is 31.4 Å². The molecule has 0 bridgehead atoms. The second kappa shape index (κ2) is 8.90. The summed E-state index contributed by atoms with van der Waals surface area (Å²) < 4.78 is 8.49. The van der Waals surface area contributed by atoms with Crippen molar-refractivity contribution in [3.8, 4) is 0 Å². The van der Waals surface area contributed by atoms with E-state index >= 15 is 0 Å². The number of fused-ring (bicyclic) bond motifs is 1. The highest BCUT2D eigenvalue weighted by molar-refractivity contribution is 6.00. The summed E-state index contributed by atoms with van der Waals surface area (Å²) in [5.41, 5.74) is 1.25. The average molecular weight is 473 g/mol. The number of likely N-dealkylation sites (tertiary alicyclic amines) is 1. The van der Waals surface area contributed by atoms with Crippen molar-refractivity contribution in [3.05, 3.63) is 34.2 Å². The predicted octanol–water partition coefficient (Wildman–Crippen LogP) is 1.89. The summed E-state index contributed by atoms with van der Waals surface area (Å²) in [6, 6.07) is 4.81. The Kier molecular flexibility index (Phi) is 6.28. The average Bonchev–Trinajstić information content (AvgIpc) is 3.03. The molecule has 0 radical (unpaired) electrons. The van der Waals surface area contributed by atoms with Crippen molar-refractivity contribution in [2.45, 2.75) is 77.2 Å². The number of aliphatic hydroxyl groups is 1. The fourth-order valence-electron chi connectivity index (χ4n) is 4.88. The van der Waals surface area contributed by atoms with E-state index in [0.29, 0.717) is 30.5 Å². The second-order valence-corrected chi connectivity index (χ2v) is 10.0. The van der Waals surface area contributed by atoms with Crippen LogP contribution in [-0.4, -0.2) is 61.8 Å². The zero-order valence-corrected chi connectivity index (χ0v) is 20.0. The van der Waals surface area contributed by atoms with Gasteiger partial charge in [0.25, 0.3) is 0 Å². The molecule has 3 atom stereocenters. The summed E-state index contributed by atoms with van der Waals surface area (Å²) in [6.45, 7) is 8.30. The summed E-state index contributed by atoms with van der Waals surface area (Å²) in [5, 5.41) is 13.2. The van der Waals surface area contributed by atoms with E-state index in [0.717, 1.165) is 5.56 Å². The lowest BCUT2D eigenvalue weighted by Gasteiger charge is -2.37. The lowest BCUT2D eigenvalue weighted by Crippen LogP contribution is -2.47. The Morgan fingerprint density at radius 2 is 1.91 bits per heavy atom. The number of rotatable bonds is 3. The third-order valence-electron chi connectivity index (χ3n) is 6.49. The second-order valence-electron chi connectivity index (χ2n) is 10.0. The normalized spacial score (nSPS) is 23.8. The van der Waals surface area contributed by atoms with Gasteiger partial charge >= 0.3 is 11.8 Å². The molecular weight excluding hydrogens is 440 g/mol. The van der Waals surface area contributed by atoms with Gasteiger partial charge in [-0.05, 0) is 58.2 Å². The number of carbonyl (C=O) groups excluding carboxylic acids is 3. The highest BCUT2D eigenvalue weighted by Crippen LogP contribution is 2.32. The lowest BCUT2D eigenvalue weighted by atomic mass is 9.87. The van der Waals surface area contributed by atoms with Gasteiger partial charge in [0.05, 0.1) is 23.7 Å². The smallest absolute Gasteiger partial charge is 0.410 e. The molecule has 1 unspecified atom stereocenters. The minimum Gasteiger partial charge on any atom is -0.444 e. The number of ether oxygens (including phenoxy) is 1. The standard InChI is InChI=1S/C24H32N4O6/c1-5-27-18-12-14(15-10-11-26(13-19(15)29)23(33)34-24(2,3)4)6-7-16(18)28(22(27)32)17-8-9-20(30)25-21(17)31/h6-7,12,15,17,19,29H,5,8-11,13H2,1-4H3,(H,25,30,31)/t15-,17?,19+/m1/s1. The van der Waals surface area contributed by atoms with Gasteiger partial charge < -0.3 is 14.7 Å². The number of nitrogens with one attached hydrogen (secondary N) is 1. The topological polar surface area (TPSA) is 123 Å². The van der Waals surface area contributed by atoms with Crippen LogP contribution >= 0.6 is 0 Å². The van der Waals surface area contributed by atoms with Crippen LogP contribution in [0.25, 0.3) is 11.0 Å². The first kappa shape index (κ1) is 24.0. The maximum Gasteiger partial charge on any atom is 0.410 e. The van der Waals surface area contributed by atoms with Gasteiger partial charge in [0.2, 0.25) is 11.8 Å². The molecule has 3 amide bonds. The molecule has 4 rings (SSSR count). The fraction of sp³-hybridized carbons (Fsp3) is 0.583. The Morgan fingerprint density at radius 3 is 2.53 bits per heavy atom. The van der Waals surface area contributed by atoms with E-state index in [2.05, 4.69) is 5.32 Å². The lowest BCUT2D eigenvalue weighted by molar-refractivity contribution is -0.135. The van der Waals surface area contributed by atoms with Gasteiger partial charge in [-0.3, -0.25) is 24.0 Å². The van der Waals surface area contributed by atoms with Crippen LogP contribution in [0.5, 0.6) is 0 Å². The first-order chi connectivity index (χ1) is 16.0. The van der Waals surface area contributed by atoms with Gasteiger partial charge in [-0.2, -0.15) is 0 Å². The number of aliphatic hydroxyl groups excluding tert-OH is 1. The number of β-amino-alcohol motifs (C(OH)–C–C–N with tert-alkyl or cyclic N) is 1. The number of carbonyl (C=O) groups is 3. The largest absolute Gasteiger partial charge is 0.444 e. The van der Waals surface area contributed by atoms with Crippen LogP contribution in [0.1, 0.15) is 64.5 Å².